The molecule has 0 aliphatic rings. The molecule has 0 saturated carbocycles. The lowest BCUT2D eigenvalue weighted by Crippen LogP contribution is -2.50. The number of ether oxygens (including phenoxy) is 1. The molecule has 0 saturated heterocycles. The maximum Gasteiger partial charge on any atom is 0.411 e. The topological polar surface area (TPSA) is 75.6 Å². The Morgan fingerprint density at radius 2 is 1.74 bits per heavy atom. The van der Waals surface area contributed by atoms with Gasteiger partial charge in [-0.1, -0.05) is 13.8 Å². The molecule has 0 fully saturated rings. The number of carbonyl (C=O) groups excluding carboxylic acids is 1. The van der Waals surface area contributed by atoms with E-state index in [0.29, 0.717) is 12.8 Å². The molecule has 0 spiro atoms. The number of hydrogen-bond donors (Lipinski definition) is 2. The summed E-state index contributed by atoms with van der Waals surface area (Å²) in [6, 6.07) is 0. The van der Waals surface area contributed by atoms with Crippen LogP contribution in [0.4, 0.5) is 13.2 Å². The lowest BCUT2D eigenvalue weighted by Gasteiger charge is -2.31. The molecule has 19 heavy (non-hydrogen) atoms. The van der Waals surface area contributed by atoms with E-state index in [1.807, 2.05) is 0 Å². The summed E-state index contributed by atoms with van der Waals surface area (Å²) in [4.78, 5) is 22.2. The Morgan fingerprint density at radius 1 is 1.21 bits per heavy atom. The third-order valence-electron chi connectivity index (χ3n) is 2.75. The first kappa shape index (κ1) is 17.7. The van der Waals surface area contributed by atoms with Gasteiger partial charge in [0.05, 0.1) is 12.0 Å². The van der Waals surface area contributed by atoms with Gasteiger partial charge in [0.25, 0.3) is 0 Å². The molecule has 0 aliphatic carbocycles. The summed E-state index contributed by atoms with van der Waals surface area (Å²) >= 11 is 0. The number of halogens is 3. The minimum absolute atomic E-state index is 0.287. The zero-order chi connectivity index (χ0) is 15.1. The van der Waals surface area contributed by atoms with E-state index in [-0.39, 0.29) is 6.42 Å². The highest BCUT2D eigenvalue weighted by atomic mass is 19.4. The molecular formula is C11H18F3NO4. The predicted octanol–water partition coefficient (Wildman–Crippen LogP) is 1.71. The summed E-state index contributed by atoms with van der Waals surface area (Å²) in [5.74, 6) is -1.84. The van der Waals surface area contributed by atoms with Crippen molar-refractivity contribution < 1.29 is 32.6 Å². The number of aliphatic carboxylic acids is 1. The van der Waals surface area contributed by atoms with Crippen molar-refractivity contribution in [3.63, 3.8) is 0 Å². The van der Waals surface area contributed by atoms with E-state index in [1.165, 1.54) is 0 Å². The molecule has 0 bridgehead atoms. The summed E-state index contributed by atoms with van der Waals surface area (Å²) in [5, 5.41) is 11.2. The van der Waals surface area contributed by atoms with Crippen molar-refractivity contribution in [1.82, 2.24) is 5.32 Å². The lowest BCUT2D eigenvalue weighted by atomic mass is 9.89. The van der Waals surface area contributed by atoms with Crippen LogP contribution in [0.25, 0.3) is 0 Å². The molecule has 0 unspecified atom stereocenters. The van der Waals surface area contributed by atoms with Crippen LogP contribution in [0.3, 0.4) is 0 Å². The Kier molecular flexibility index (Phi) is 6.82. The second-order valence-corrected chi connectivity index (χ2v) is 4.21. The van der Waals surface area contributed by atoms with E-state index in [4.69, 9.17) is 5.11 Å². The van der Waals surface area contributed by atoms with Crippen LogP contribution in [0.5, 0.6) is 0 Å². The van der Waals surface area contributed by atoms with Crippen LogP contribution in [-0.4, -0.2) is 41.9 Å². The second-order valence-electron chi connectivity index (χ2n) is 4.21. The zero-order valence-corrected chi connectivity index (χ0v) is 10.8. The molecular weight excluding hydrogens is 267 g/mol. The molecule has 0 atom stereocenters. The lowest BCUT2D eigenvalue weighted by molar-refractivity contribution is -0.176. The van der Waals surface area contributed by atoms with Crippen LogP contribution in [0, 0.1) is 0 Å². The normalized spacial score (nSPS) is 12.3. The van der Waals surface area contributed by atoms with E-state index < -0.39 is 36.8 Å². The number of carboxylic acids is 1. The van der Waals surface area contributed by atoms with Crippen molar-refractivity contribution in [1.29, 1.82) is 0 Å². The number of hydrogen-bond acceptors (Lipinski definition) is 3. The van der Waals surface area contributed by atoms with Crippen molar-refractivity contribution in [2.75, 3.05) is 13.2 Å². The Morgan fingerprint density at radius 3 is 2.11 bits per heavy atom. The van der Waals surface area contributed by atoms with Gasteiger partial charge in [0.2, 0.25) is 5.91 Å². The van der Waals surface area contributed by atoms with Crippen LogP contribution >= 0.6 is 0 Å². The molecule has 2 N–H and O–H groups in total. The number of nitrogens with one attached hydrogen (secondary N) is 1. The third-order valence-corrected chi connectivity index (χ3v) is 2.75. The van der Waals surface area contributed by atoms with Gasteiger partial charge in [-0.2, -0.15) is 13.2 Å². The Labute approximate surface area is 109 Å². The monoisotopic (exact) mass is 285 g/mol. The average molecular weight is 285 g/mol. The second kappa shape index (κ2) is 7.32. The number of carbonyl (C=O) groups is 2. The molecule has 0 aromatic carbocycles. The van der Waals surface area contributed by atoms with Gasteiger partial charge in [-0.05, 0) is 12.8 Å². The van der Waals surface area contributed by atoms with Gasteiger partial charge in [-0.25, -0.2) is 0 Å². The van der Waals surface area contributed by atoms with E-state index in [0.717, 1.165) is 0 Å². The van der Waals surface area contributed by atoms with Gasteiger partial charge in [-0.15, -0.1) is 0 Å². The SMILES string of the molecule is CCC(CC)(CC(=O)O)NC(=O)COCC(F)(F)F. The Bertz CT molecular complexity index is 314. The van der Waals surface area contributed by atoms with Gasteiger partial charge < -0.3 is 15.2 Å². The van der Waals surface area contributed by atoms with Crippen LogP contribution in [-0.2, 0) is 14.3 Å². The van der Waals surface area contributed by atoms with Gasteiger partial charge >= 0.3 is 12.1 Å². The maximum atomic E-state index is 11.8. The fraction of sp³-hybridized carbons (Fsp3) is 0.818. The molecule has 8 heteroatoms. The van der Waals surface area contributed by atoms with Crippen LogP contribution in [0.15, 0.2) is 0 Å². The highest BCUT2D eigenvalue weighted by molar-refractivity contribution is 5.79. The fourth-order valence-corrected chi connectivity index (χ4v) is 1.60. The van der Waals surface area contributed by atoms with E-state index in [9.17, 15) is 22.8 Å². The molecule has 5 nitrogen and oxygen atoms in total. The molecule has 0 rings (SSSR count). The first-order valence-electron chi connectivity index (χ1n) is 5.81. The van der Waals surface area contributed by atoms with Gasteiger partial charge in [-0.3, -0.25) is 9.59 Å². The van der Waals surface area contributed by atoms with Crippen LogP contribution in [0.2, 0.25) is 0 Å². The zero-order valence-electron chi connectivity index (χ0n) is 10.8. The summed E-state index contributed by atoms with van der Waals surface area (Å²) in [5.41, 5.74) is -0.954. The van der Waals surface area contributed by atoms with Crippen LogP contribution < -0.4 is 5.32 Å². The average Bonchev–Trinajstić information content (AvgIpc) is 2.25. The third kappa shape index (κ3) is 7.66. The van der Waals surface area contributed by atoms with E-state index in [1.54, 1.807) is 13.8 Å². The van der Waals surface area contributed by atoms with E-state index in [2.05, 4.69) is 10.1 Å². The molecule has 0 aromatic heterocycles. The molecule has 112 valence electrons. The first-order valence-corrected chi connectivity index (χ1v) is 5.81. The standard InChI is InChI=1S/C11H18F3NO4/c1-3-10(4-2,5-9(17)18)15-8(16)6-19-7-11(12,13)14/h3-7H2,1-2H3,(H,15,16)(H,17,18). The number of amides is 1. The molecule has 0 aromatic rings. The fourth-order valence-electron chi connectivity index (χ4n) is 1.60. The first-order chi connectivity index (χ1) is 8.64. The summed E-state index contributed by atoms with van der Waals surface area (Å²) in [7, 11) is 0. The summed E-state index contributed by atoms with van der Waals surface area (Å²) in [6.45, 7) is 1.14. The predicted molar refractivity (Wildman–Crippen MR) is 60.6 cm³/mol. The minimum atomic E-state index is -4.49. The van der Waals surface area contributed by atoms with E-state index >= 15 is 0 Å². The number of rotatable bonds is 8. The summed E-state index contributed by atoms with van der Waals surface area (Å²) in [6.07, 6.45) is -4.05. The largest absolute Gasteiger partial charge is 0.481 e. The number of carboxylic acid groups (broad SMARTS) is 1. The van der Waals surface area contributed by atoms with Gasteiger partial charge in [0, 0.05) is 0 Å². The van der Waals surface area contributed by atoms with Crippen molar-refractivity contribution in [2.45, 2.75) is 44.8 Å². The molecule has 0 aliphatic heterocycles. The quantitative estimate of drug-likeness (QED) is 0.712. The maximum absolute atomic E-state index is 11.8. The van der Waals surface area contributed by atoms with Crippen molar-refractivity contribution >= 4 is 11.9 Å². The van der Waals surface area contributed by atoms with Gasteiger partial charge in [0.15, 0.2) is 0 Å². The molecule has 0 heterocycles. The minimum Gasteiger partial charge on any atom is -0.481 e. The Balaban J connectivity index is 4.36. The highest BCUT2D eigenvalue weighted by Gasteiger charge is 2.32. The van der Waals surface area contributed by atoms with Crippen molar-refractivity contribution in [3.05, 3.63) is 0 Å². The smallest absolute Gasteiger partial charge is 0.411 e. The van der Waals surface area contributed by atoms with Crippen LogP contribution in [0.1, 0.15) is 33.1 Å². The molecule has 1 amide bonds. The number of alkyl halides is 3. The Hall–Kier alpha value is -1.31. The summed E-state index contributed by atoms with van der Waals surface area (Å²) < 4.78 is 39.7. The van der Waals surface area contributed by atoms with Crippen molar-refractivity contribution in [3.8, 4) is 0 Å². The molecule has 0 radical (unpaired) electrons. The highest BCUT2D eigenvalue weighted by Crippen LogP contribution is 2.20. The van der Waals surface area contributed by atoms with Crippen molar-refractivity contribution in [2.24, 2.45) is 0 Å². The van der Waals surface area contributed by atoms with Gasteiger partial charge in [0.1, 0.15) is 13.2 Å².